The molecule has 1 saturated heterocycles. The minimum atomic E-state index is 0. The van der Waals surface area contributed by atoms with Gasteiger partial charge in [-0.05, 0) is 26.7 Å². The molecule has 1 heterocycles. The number of hydrogen-bond acceptors (Lipinski definition) is 1. The van der Waals surface area contributed by atoms with Crippen molar-refractivity contribution in [2.24, 2.45) is 0 Å². The van der Waals surface area contributed by atoms with Crippen LogP contribution >= 0.6 is 0 Å². The molecule has 0 aromatic rings. The summed E-state index contributed by atoms with van der Waals surface area (Å²) in [5.41, 5.74) is 0. The predicted molar refractivity (Wildman–Crippen MR) is 41.7 cm³/mol. The number of nitrogens with one attached hydrogen (secondary N) is 1. The van der Waals surface area contributed by atoms with Crippen molar-refractivity contribution < 1.29 is 0 Å². The third-order valence-corrected chi connectivity index (χ3v) is 1.84. The quantitative estimate of drug-likeness (QED) is 0.493. The normalized spacial score (nSPS) is 35.3. The SMILES string of the molecule is CC1CCCC(C)N1.[Na]. The average molecular weight is 136 g/mol. The van der Waals surface area contributed by atoms with Gasteiger partial charge in [0, 0.05) is 41.6 Å². The molecule has 2 unspecified atom stereocenters. The Morgan fingerprint density at radius 3 is 1.78 bits per heavy atom. The van der Waals surface area contributed by atoms with Gasteiger partial charge in [0.25, 0.3) is 0 Å². The van der Waals surface area contributed by atoms with E-state index in [0.29, 0.717) is 0 Å². The van der Waals surface area contributed by atoms with Crippen LogP contribution in [0.1, 0.15) is 33.1 Å². The van der Waals surface area contributed by atoms with Crippen LogP contribution in [0, 0.1) is 0 Å². The smallest absolute Gasteiger partial charge is 0.00412 e. The molecule has 0 aliphatic carbocycles. The molecule has 2 atom stereocenters. The van der Waals surface area contributed by atoms with E-state index in [2.05, 4.69) is 19.2 Å². The Bertz CT molecular complexity index is 67.3. The Balaban J connectivity index is 0.000000640. The molecule has 2 heteroatoms. The van der Waals surface area contributed by atoms with Gasteiger partial charge in [0.2, 0.25) is 0 Å². The van der Waals surface area contributed by atoms with Crippen LogP contribution in [0.3, 0.4) is 0 Å². The first-order valence-corrected chi connectivity index (χ1v) is 3.55. The van der Waals surface area contributed by atoms with Crippen LogP contribution in [0.25, 0.3) is 0 Å². The molecule has 1 nitrogen and oxygen atoms in total. The molecular weight excluding hydrogens is 121 g/mol. The molecule has 0 saturated carbocycles. The van der Waals surface area contributed by atoms with E-state index >= 15 is 0 Å². The average Bonchev–Trinajstić information content (AvgIpc) is 1.64. The maximum absolute atomic E-state index is 3.48. The zero-order valence-electron chi connectivity index (χ0n) is 6.78. The first kappa shape index (κ1) is 9.96. The molecule has 1 rings (SSSR count). The van der Waals surface area contributed by atoms with Gasteiger partial charge < -0.3 is 5.32 Å². The van der Waals surface area contributed by atoms with Gasteiger partial charge in [-0.25, -0.2) is 0 Å². The van der Waals surface area contributed by atoms with Gasteiger partial charge >= 0.3 is 0 Å². The number of piperidine rings is 1. The summed E-state index contributed by atoms with van der Waals surface area (Å²) >= 11 is 0. The van der Waals surface area contributed by atoms with E-state index in [1.54, 1.807) is 0 Å². The van der Waals surface area contributed by atoms with Crippen LogP contribution in [0.4, 0.5) is 0 Å². The molecule has 1 aliphatic rings. The molecule has 0 aromatic carbocycles. The fourth-order valence-corrected chi connectivity index (χ4v) is 1.38. The third kappa shape index (κ3) is 3.61. The summed E-state index contributed by atoms with van der Waals surface area (Å²) in [6, 6.07) is 1.53. The van der Waals surface area contributed by atoms with Gasteiger partial charge in [0.15, 0.2) is 0 Å². The van der Waals surface area contributed by atoms with Crippen molar-refractivity contribution in [3.63, 3.8) is 0 Å². The number of hydrogen-bond donors (Lipinski definition) is 1. The van der Waals surface area contributed by atoms with E-state index in [1.165, 1.54) is 19.3 Å². The minimum Gasteiger partial charge on any atom is -0.312 e. The van der Waals surface area contributed by atoms with Gasteiger partial charge in [0.1, 0.15) is 0 Å². The Hall–Kier alpha value is 0.960. The molecule has 1 aliphatic heterocycles. The Morgan fingerprint density at radius 2 is 1.56 bits per heavy atom. The van der Waals surface area contributed by atoms with Crippen LogP contribution in [0.15, 0.2) is 0 Å². The summed E-state index contributed by atoms with van der Waals surface area (Å²) < 4.78 is 0. The van der Waals surface area contributed by atoms with Gasteiger partial charge in [-0.3, -0.25) is 0 Å². The topological polar surface area (TPSA) is 12.0 Å². The second kappa shape index (κ2) is 4.73. The maximum Gasteiger partial charge on any atom is 0.00412 e. The summed E-state index contributed by atoms with van der Waals surface area (Å²) in [6.45, 7) is 4.52. The molecule has 0 spiro atoms. The van der Waals surface area contributed by atoms with Crippen molar-refractivity contribution in [1.29, 1.82) is 0 Å². The second-order valence-electron chi connectivity index (χ2n) is 2.90. The zero-order chi connectivity index (χ0) is 5.98. The summed E-state index contributed by atoms with van der Waals surface area (Å²) in [5.74, 6) is 0. The fraction of sp³-hybridized carbons (Fsp3) is 1.00. The second-order valence-corrected chi connectivity index (χ2v) is 2.90. The molecule has 1 N–H and O–H groups in total. The molecular formula is C7H15NNa. The number of rotatable bonds is 0. The third-order valence-electron chi connectivity index (χ3n) is 1.84. The van der Waals surface area contributed by atoms with Crippen LogP contribution < -0.4 is 5.32 Å². The van der Waals surface area contributed by atoms with E-state index in [0.717, 1.165) is 12.1 Å². The van der Waals surface area contributed by atoms with Crippen molar-refractivity contribution >= 4 is 29.6 Å². The maximum atomic E-state index is 3.48. The summed E-state index contributed by atoms with van der Waals surface area (Å²) in [7, 11) is 0. The van der Waals surface area contributed by atoms with Gasteiger partial charge in [-0.1, -0.05) is 6.42 Å². The molecule has 0 aromatic heterocycles. The van der Waals surface area contributed by atoms with Gasteiger partial charge in [-0.15, -0.1) is 0 Å². The van der Waals surface area contributed by atoms with E-state index in [-0.39, 0.29) is 29.6 Å². The first-order valence-electron chi connectivity index (χ1n) is 3.55. The van der Waals surface area contributed by atoms with Crippen molar-refractivity contribution in [2.45, 2.75) is 45.2 Å². The molecule has 1 radical (unpaired) electrons. The zero-order valence-corrected chi connectivity index (χ0v) is 8.78. The standard InChI is InChI=1S/C7H15N.Na/c1-6-4-3-5-7(2)8-6;/h6-8H,3-5H2,1-2H3;. The molecule has 0 bridgehead atoms. The van der Waals surface area contributed by atoms with Crippen molar-refractivity contribution in [3.05, 3.63) is 0 Å². The predicted octanol–water partition coefficient (Wildman–Crippen LogP) is 1.16. The van der Waals surface area contributed by atoms with Gasteiger partial charge in [0.05, 0.1) is 0 Å². The van der Waals surface area contributed by atoms with Crippen molar-refractivity contribution in [2.75, 3.05) is 0 Å². The van der Waals surface area contributed by atoms with Crippen LogP contribution in [0.2, 0.25) is 0 Å². The van der Waals surface area contributed by atoms with Crippen LogP contribution in [0.5, 0.6) is 0 Å². The Morgan fingerprint density at radius 1 is 1.11 bits per heavy atom. The monoisotopic (exact) mass is 136 g/mol. The molecule has 49 valence electrons. The summed E-state index contributed by atoms with van der Waals surface area (Å²) in [6.07, 6.45) is 4.14. The van der Waals surface area contributed by atoms with E-state index in [1.807, 2.05) is 0 Å². The Kier molecular flexibility index (Phi) is 5.23. The van der Waals surface area contributed by atoms with Crippen molar-refractivity contribution in [1.82, 2.24) is 5.32 Å². The fourth-order valence-electron chi connectivity index (χ4n) is 1.38. The first-order chi connectivity index (χ1) is 3.79. The van der Waals surface area contributed by atoms with Crippen LogP contribution in [-0.4, -0.2) is 41.6 Å². The largest absolute Gasteiger partial charge is 0.312 e. The van der Waals surface area contributed by atoms with E-state index < -0.39 is 0 Å². The van der Waals surface area contributed by atoms with E-state index in [4.69, 9.17) is 0 Å². The minimum absolute atomic E-state index is 0. The summed E-state index contributed by atoms with van der Waals surface area (Å²) in [5, 5.41) is 3.48. The Labute approximate surface area is 79.9 Å². The molecule has 0 amide bonds. The molecule has 9 heavy (non-hydrogen) atoms. The van der Waals surface area contributed by atoms with Gasteiger partial charge in [-0.2, -0.15) is 0 Å². The van der Waals surface area contributed by atoms with E-state index in [9.17, 15) is 0 Å². The van der Waals surface area contributed by atoms with Crippen LogP contribution in [-0.2, 0) is 0 Å². The summed E-state index contributed by atoms with van der Waals surface area (Å²) in [4.78, 5) is 0. The van der Waals surface area contributed by atoms with Crippen molar-refractivity contribution in [3.8, 4) is 0 Å². The molecule has 1 fully saturated rings.